The minimum atomic E-state index is -1.38. The van der Waals surface area contributed by atoms with Crippen molar-refractivity contribution in [3.8, 4) is 0 Å². The first-order chi connectivity index (χ1) is 17.6. The summed E-state index contributed by atoms with van der Waals surface area (Å²) in [6.07, 6.45) is -0.612. The number of hydrogen-bond acceptors (Lipinski definition) is 9. The number of carbonyl (C=O) groups excluding carboxylic acids is 5. The molecule has 10 N–H and O–H groups in total. The Balaban J connectivity index is 5.06. The molecular weight excluding hydrogens is 508 g/mol. The third kappa shape index (κ3) is 13.5. The highest BCUT2D eigenvalue weighted by molar-refractivity contribution is 5.95. The van der Waals surface area contributed by atoms with E-state index in [9.17, 15) is 33.6 Å². The summed E-state index contributed by atoms with van der Waals surface area (Å²) in [5.41, 5.74) is 5.45. The number of carbonyl (C=O) groups is 7. The molecule has 16 nitrogen and oxygen atoms in total. The third-order valence-corrected chi connectivity index (χ3v) is 5.08. The molecule has 0 rings (SSSR count). The molecule has 216 valence electrons. The largest absolute Gasteiger partial charge is 0.481 e. The van der Waals surface area contributed by atoms with Crippen LogP contribution in [0.5, 0.6) is 0 Å². The van der Waals surface area contributed by atoms with Crippen LogP contribution >= 0.6 is 0 Å². The van der Waals surface area contributed by atoms with E-state index < -0.39 is 91.3 Å². The van der Waals surface area contributed by atoms with Crippen molar-refractivity contribution in [3.63, 3.8) is 0 Å². The topological polar surface area (TPSA) is 266 Å². The summed E-state index contributed by atoms with van der Waals surface area (Å²) in [6, 6.07) is -6.16. The van der Waals surface area contributed by atoms with Gasteiger partial charge in [0.05, 0.1) is 13.2 Å². The van der Waals surface area contributed by atoms with Crippen LogP contribution in [0.25, 0.3) is 0 Å². The van der Waals surface area contributed by atoms with Gasteiger partial charge in [-0.2, -0.15) is 0 Å². The Morgan fingerprint density at radius 3 is 1.82 bits per heavy atom. The number of carboxylic acid groups (broad SMARTS) is 2. The maximum absolute atomic E-state index is 12.5. The highest BCUT2D eigenvalue weighted by Crippen LogP contribution is 2.05. The van der Waals surface area contributed by atoms with E-state index in [1.54, 1.807) is 13.8 Å². The first-order valence-corrected chi connectivity index (χ1v) is 11.9. The zero-order valence-electron chi connectivity index (χ0n) is 21.8. The zero-order chi connectivity index (χ0) is 29.6. The summed E-state index contributed by atoms with van der Waals surface area (Å²) in [6.45, 7) is 4.88. The zero-order valence-corrected chi connectivity index (χ0v) is 21.8. The predicted octanol–water partition coefficient (Wildman–Crippen LogP) is -3.60. The van der Waals surface area contributed by atoms with Crippen LogP contribution in [0, 0.1) is 5.92 Å². The third-order valence-electron chi connectivity index (χ3n) is 5.08. The van der Waals surface area contributed by atoms with E-state index in [0.29, 0.717) is 0 Å². The fraction of sp³-hybridized carbons (Fsp3) is 0.682. The average molecular weight is 547 g/mol. The molecule has 0 aliphatic rings. The van der Waals surface area contributed by atoms with E-state index >= 15 is 0 Å². The average Bonchev–Trinajstić information content (AvgIpc) is 2.82. The highest BCUT2D eigenvalue weighted by Gasteiger charge is 2.28. The SMILES string of the molecule is CC(C)C[C@H](NC(=O)[C@@H](N)CO)C(=O)NCC(=O)N[C@@H](C)C(=O)N[C@@H](CCC(=O)O)C(=O)N[C@@H](C)C(=O)O. The van der Waals surface area contributed by atoms with Crippen LogP contribution in [0.1, 0.15) is 47.0 Å². The molecule has 16 heteroatoms. The molecule has 0 bridgehead atoms. The minimum absolute atomic E-state index is 0.0151. The Labute approximate surface area is 219 Å². The predicted molar refractivity (Wildman–Crippen MR) is 131 cm³/mol. The van der Waals surface area contributed by atoms with Crippen LogP contribution < -0.4 is 32.3 Å². The summed E-state index contributed by atoms with van der Waals surface area (Å²) in [5, 5.41) is 38.3. The van der Waals surface area contributed by atoms with E-state index in [2.05, 4.69) is 26.6 Å². The van der Waals surface area contributed by atoms with Gasteiger partial charge in [-0.15, -0.1) is 0 Å². The Morgan fingerprint density at radius 2 is 1.32 bits per heavy atom. The number of nitrogens with two attached hydrogens (primary N) is 1. The van der Waals surface area contributed by atoms with Gasteiger partial charge in [0.25, 0.3) is 0 Å². The molecular formula is C22H38N6O10. The number of carboxylic acids is 2. The monoisotopic (exact) mass is 546 g/mol. The second-order valence-corrected chi connectivity index (χ2v) is 9.05. The lowest BCUT2D eigenvalue weighted by molar-refractivity contribution is -0.142. The van der Waals surface area contributed by atoms with Gasteiger partial charge in [-0.3, -0.25) is 33.6 Å². The molecule has 0 saturated heterocycles. The van der Waals surface area contributed by atoms with Crippen LogP contribution in [-0.2, 0) is 33.6 Å². The Hall–Kier alpha value is -3.79. The highest BCUT2D eigenvalue weighted by atomic mass is 16.4. The molecule has 0 aromatic rings. The number of aliphatic carboxylic acids is 2. The molecule has 0 spiro atoms. The van der Waals surface area contributed by atoms with E-state index in [4.69, 9.17) is 21.1 Å². The van der Waals surface area contributed by atoms with E-state index in [0.717, 1.165) is 0 Å². The summed E-state index contributed by atoms with van der Waals surface area (Å²) < 4.78 is 0. The van der Waals surface area contributed by atoms with Gasteiger partial charge in [-0.1, -0.05) is 13.8 Å². The van der Waals surface area contributed by atoms with Gasteiger partial charge in [0.2, 0.25) is 29.5 Å². The fourth-order valence-corrected chi connectivity index (χ4v) is 2.92. The van der Waals surface area contributed by atoms with Crippen molar-refractivity contribution in [2.24, 2.45) is 11.7 Å². The molecule has 0 radical (unpaired) electrons. The Kier molecular flexibility index (Phi) is 15.2. The number of hydrogen-bond donors (Lipinski definition) is 9. The second kappa shape index (κ2) is 16.9. The van der Waals surface area contributed by atoms with E-state index in [1.807, 2.05) is 0 Å². The number of nitrogens with one attached hydrogen (secondary N) is 5. The maximum atomic E-state index is 12.5. The first kappa shape index (κ1) is 34.2. The number of rotatable bonds is 17. The van der Waals surface area contributed by atoms with Crippen molar-refractivity contribution in [2.75, 3.05) is 13.2 Å². The molecule has 0 unspecified atom stereocenters. The molecule has 0 aromatic heterocycles. The van der Waals surface area contributed by atoms with Crippen LogP contribution in [0.4, 0.5) is 0 Å². The lowest BCUT2D eigenvalue weighted by Gasteiger charge is -2.23. The van der Waals surface area contributed by atoms with Gasteiger partial charge in [-0.25, -0.2) is 0 Å². The summed E-state index contributed by atoms with van der Waals surface area (Å²) >= 11 is 0. The molecule has 5 atom stereocenters. The summed E-state index contributed by atoms with van der Waals surface area (Å²) in [7, 11) is 0. The lowest BCUT2D eigenvalue weighted by atomic mass is 10.0. The van der Waals surface area contributed by atoms with Crippen molar-refractivity contribution in [3.05, 3.63) is 0 Å². The molecule has 0 aliphatic heterocycles. The summed E-state index contributed by atoms with van der Waals surface area (Å²) in [5.74, 6) is -6.60. The smallest absolute Gasteiger partial charge is 0.325 e. The van der Waals surface area contributed by atoms with Crippen LogP contribution in [0.15, 0.2) is 0 Å². The lowest BCUT2D eigenvalue weighted by Crippen LogP contribution is -2.56. The van der Waals surface area contributed by atoms with Gasteiger partial charge in [0.15, 0.2) is 0 Å². The minimum Gasteiger partial charge on any atom is -0.481 e. The standard InChI is InChI=1S/C22H38N6O10/c1-10(2)7-15(28-19(34)13(23)9-29)20(35)24-8-16(30)25-11(3)18(33)27-14(5-6-17(31)32)21(36)26-12(4)22(37)38/h10-15,29H,5-9,23H2,1-4H3,(H,24,35)(H,25,30)(H,26,36)(H,27,33)(H,28,34)(H,31,32)(H,37,38)/t11-,12-,13-,14-,15-/m0/s1. The van der Waals surface area contributed by atoms with Crippen molar-refractivity contribution in [1.29, 1.82) is 0 Å². The second-order valence-electron chi connectivity index (χ2n) is 9.05. The van der Waals surface area contributed by atoms with Crippen LogP contribution in [0.3, 0.4) is 0 Å². The van der Waals surface area contributed by atoms with Crippen LogP contribution in [0.2, 0.25) is 0 Å². The quantitative estimate of drug-likeness (QED) is 0.0859. The molecule has 0 fully saturated rings. The van der Waals surface area contributed by atoms with Crippen molar-refractivity contribution < 1.29 is 48.9 Å². The maximum Gasteiger partial charge on any atom is 0.325 e. The molecule has 5 amide bonds. The van der Waals surface area contributed by atoms with Gasteiger partial charge in [-0.05, 0) is 32.6 Å². The van der Waals surface area contributed by atoms with Gasteiger partial charge in [0, 0.05) is 6.42 Å². The molecule has 0 aromatic carbocycles. The Morgan fingerprint density at radius 1 is 0.737 bits per heavy atom. The van der Waals surface area contributed by atoms with Crippen molar-refractivity contribution >= 4 is 41.5 Å². The van der Waals surface area contributed by atoms with Gasteiger partial charge < -0.3 is 47.6 Å². The van der Waals surface area contributed by atoms with E-state index in [-0.39, 0.29) is 18.8 Å². The molecule has 0 aliphatic carbocycles. The van der Waals surface area contributed by atoms with Gasteiger partial charge in [0.1, 0.15) is 30.2 Å². The van der Waals surface area contributed by atoms with E-state index in [1.165, 1.54) is 13.8 Å². The molecule has 0 heterocycles. The summed E-state index contributed by atoms with van der Waals surface area (Å²) in [4.78, 5) is 83.4. The number of amides is 5. The normalized spacial score (nSPS) is 14.7. The number of aliphatic hydroxyl groups excluding tert-OH is 1. The Bertz CT molecular complexity index is 881. The number of aliphatic hydroxyl groups is 1. The van der Waals surface area contributed by atoms with Crippen molar-refractivity contribution in [2.45, 2.75) is 77.2 Å². The first-order valence-electron chi connectivity index (χ1n) is 11.9. The van der Waals surface area contributed by atoms with Crippen molar-refractivity contribution in [1.82, 2.24) is 26.6 Å². The van der Waals surface area contributed by atoms with Crippen LogP contribution in [-0.4, -0.2) is 100 Å². The van der Waals surface area contributed by atoms with Gasteiger partial charge >= 0.3 is 11.9 Å². The fourth-order valence-electron chi connectivity index (χ4n) is 2.92. The molecule has 38 heavy (non-hydrogen) atoms. The molecule has 0 saturated carbocycles.